The van der Waals surface area contributed by atoms with Crippen molar-refractivity contribution < 1.29 is 17.0 Å². The zero-order valence-corrected chi connectivity index (χ0v) is 7.21. The van der Waals surface area contributed by atoms with E-state index >= 15 is 0 Å². The highest BCUT2D eigenvalue weighted by molar-refractivity contribution is 7.88. The molecule has 1 aromatic rings. The van der Waals surface area contributed by atoms with E-state index in [1.165, 1.54) is 19.2 Å². The fraction of sp³-hybridized carbons (Fsp3) is 0.200. The Balaban J connectivity index is 3.09. The van der Waals surface area contributed by atoms with E-state index in [4.69, 9.17) is 0 Å². The summed E-state index contributed by atoms with van der Waals surface area (Å²) in [5.74, 6) is 0. The summed E-state index contributed by atoms with van der Waals surface area (Å²) in [5, 5.41) is 0.376. The third kappa shape index (κ3) is 1.90. The summed E-state index contributed by atoms with van der Waals surface area (Å²) in [4.78, 5) is 0. The molecule has 0 spiro atoms. The summed E-state index contributed by atoms with van der Waals surface area (Å²) in [6.45, 7) is 0. The van der Waals surface area contributed by atoms with E-state index in [-0.39, 0.29) is 4.21 Å². The molecule has 0 aromatic carbocycles. The third-order valence-corrected chi connectivity index (χ3v) is 3.30. The van der Waals surface area contributed by atoms with Crippen LogP contribution in [0.1, 0.15) is 0 Å². The Kier molecular flexibility index (Phi) is 2.15. The molecule has 1 aromatic heterocycles. The van der Waals surface area contributed by atoms with Gasteiger partial charge in [-0.25, -0.2) is 0 Å². The monoisotopic (exact) mass is 196 g/mol. The van der Waals surface area contributed by atoms with Gasteiger partial charge in [-0.1, -0.05) is 15.2 Å². The molecule has 0 fully saturated rings. The minimum atomic E-state index is -4.55. The Labute approximate surface area is 67.6 Å². The largest absolute Gasteiger partial charge is 0.487 e. The molecule has 0 N–H and O–H groups in total. The van der Waals surface area contributed by atoms with Crippen molar-refractivity contribution in [2.75, 3.05) is 7.11 Å². The molecule has 1 rings (SSSR count). The van der Waals surface area contributed by atoms with E-state index < -0.39 is 10.2 Å². The van der Waals surface area contributed by atoms with Crippen molar-refractivity contribution in [2.24, 2.45) is 0 Å². The second-order valence-corrected chi connectivity index (χ2v) is 4.34. The summed E-state index contributed by atoms with van der Waals surface area (Å²) in [6, 6.07) is 2.57. The van der Waals surface area contributed by atoms with Gasteiger partial charge >= 0.3 is 10.2 Å². The van der Waals surface area contributed by atoms with E-state index in [1.807, 2.05) is 0 Å². The lowest BCUT2D eigenvalue weighted by atomic mass is 10.6. The lowest BCUT2D eigenvalue weighted by molar-refractivity contribution is 0.427. The van der Waals surface area contributed by atoms with Gasteiger partial charge < -0.3 is 4.74 Å². The standard InChI is InChI=1S/C5H5FO3S2/c1-9-4-2-3-5(10-4)11(6,7)8/h2-3H,1H3. The van der Waals surface area contributed by atoms with Crippen LogP contribution < -0.4 is 4.74 Å². The molecule has 0 saturated heterocycles. The first-order valence-corrected chi connectivity index (χ1v) is 4.82. The Hall–Kier alpha value is -0.620. The SMILES string of the molecule is COc1ccc(S(=O)(=O)F)s1. The van der Waals surface area contributed by atoms with Gasteiger partial charge in [-0.05, 0) is 12.1 Å². The Morgan fingerprint density at radius 3 is 2.45 bits per heavy atom. The number of ether oxygens (including phenoxy) is 1. The maximum Gasteiger partial charge on any atom is 0.341 e. The van der Waals surface area contributed by atoms with Crippen molar-refractivity contribution in [3.63, 3.8) is 0 Å². The van der Waals surface area contributed by atoms with E-state index in [1.54, 1.807) is 0 Å². The summed E-state index contributed by atoms with van der Waals surface area (Å²) in [5.41, 5.74) is 0. The fourth-order valence-corrected chi connectivity index (χ4v) is 1.97. The molecular weight excluding hydrogens is 191 g/mol. The predicted octanol–water partition coefficient (Wildman–Crippen LogP) is 1.41. The van der Waals surface area contributed by atoms with Crippen molar-refractivity contribution in [1.29, 1.82) is 0 Å². The topological polar surface area (TPSA) is 43.4 Å². The van der Waals surface area contributed by atoms with Crippen LogP contribution in [0.15, 0.2) is 16.3 Å². The predicted molar refractivity (Wildman–Crippen MR) is 39.2 cm³/mol. The molecule has 0 amide bonds. The molecule has 11 heavy (non-hydrogen) atoms. The van der Waals surface area contributed by atoms with Gasteiger partial charge in [-0.2, -0.15) is 8.42 Å². The van der Waals surface area contributed by atoms with Crippen molar-refractivity contribution in [2.45, 2.75) is 4.21 Å². The molecule has 0 aliphatic heterocycles. The molecule has 1 heterocycles. The maximum atomic E-state index is 12.2. The molecule has 0 atom stereocenters. The average Bonchev–Trinajstić information content (AvgIpc) is 2.32. The van der Waals surface area contributed by atoms with Crippen molar-refractivity contribution in [3.05, 3.63) is 12.1 Å². The highest BCUT2D eigenvalue weighted by Crippen LogP contribution is 2.28. The van der Waals surface area contributed by atoms with E-state index in [2.05, 4.69) is 4.74 Å². The van der Waals surface area contributed by atoms with Crippen LogP contribution in [-0.4, -0.2) is 15.5 Å². The minimum absolute atomic E-state index is 0.325. The zero-order valence-electron chi connectivity index (χ0n) is 5.57. The van der Waals surface area contributed by atoms with E-state index in [0.717, 1.165) is 11.3 Å². The summed E-state index contributed by atoms with van der Waals surface area (Å²) < 4.78 is 37.1. The molecule has 0 aliphatic rings. The summed E-state index contributed by atoms with van der Waals surface area (Å²) >= 11 is 0.755. The van der Waals surface area contributed by atoms with Gasteiger partial charge in [0.1, 0.15) is 0 Å². The highest BCUT2D eigenvalue weighted by Gasteiger charge is 2.14. The van der Waals surface area contributed by atoms with Crippen LogP contribution in [0.3, 0.4) is 0 Å². The number of thiophene rings is 1. The Morgan fingerprint density at radius 1 is 1.55 bits per heavy atom. The zero-order chi connectivity index (χ0) is 8.48. The first-order chi connectivity index (χ1) is 5.04. The van der Waals surface area contributed by atoms with Gasteiger partial charge in [0.25, 0.3) is 0 Å². The van der Waals surface area contributed by atoms with Gasteiger partial charge in [0.15, 0.2) is 9.27 Å². The first-order valence-electron chi connectivity index (χ1n) is 2.62. The number of methoxy groups -OCH3 is 1. The molecule has 6 heteroatoms. The van der Waals surface area contributed by atoms with Crippen LogP contribution in [0.2, 0.25) is 0 Å². The average molecular weight is 196 g/mol. The van der Waals surface area contributed by atoms with E-state index in [9.17, 15) is 12.3 Å². The molecule has 0 aliphatic carbocycles. The fourth-order valence-electron chi connectivity index (χ4n) is 0.544. The third-order valence-electron chi connectivity index (χ3n) is 0.998. The lowest BCUT2D eigenvalue weighted by Gasteiger charge is -1.88. The maximum absolute atomic E-state index is 12.2. The smallest absolute Gasteiger partial charge is 0.341 e. The molecule has 62 valence electrons. The number of rotatable bonds is 2. The molecular formula is C5H5FO3S2. The van der Waals surface area contributed by atoms with Crippen molar-refractivity contribution >= 4 is 21.6 Å². The Morgan fingerprint density at radius 2 is 2.18 bits per heavy atom. The van der Waals surface area contributed by atoms with Crippen LogP contribution in [0, 0.1) is 0 Å². The number of halogens is 1. The molecule has 0 saturated carbocycles. The summed E-state index contributed by atoms with van der Waals surface area (Å²) in [6.07, 6.45) is 0. The van der Waals surface area contributed by atoms with Gasteiger partial charge in [0.05, 0.1) is 7.11 Å². The number of hydrogen-bond donors (Lipinski definition) is 0. The molecule has 0 radical (unpaired) electrons. The van der Waals surface area contributed by atoms with Gasteiger partial charge in [0, 0.05) is 0 Å². The normalized spacial score (nSPS) is 11.5. The van der Waals surface area contributed by atoms with Crippen LogP contribution >= 0.6 is 11.3 Å². The Bertz CT molecular complexity index is 340. The van der Waals surface area contributed by atoms with Crippen LogP contribution in [0.5, 0.6) is 5.06 Å². The molecule has 0 unspecified atom stereocenters. The van der Waals surface area contributed by atoms with E-state index in [0.29, 0.717) is 5.06 Å². The second-order valence-electron chi connectivity index (χ2n) is 1.72. The van der Waals surface area contributed by atoms with Crippen molar-refractivity contribution in [1.82, 2.24) is 0 Å². The van der Waals surface area contributed by atoms with Crippen LogP contribution in [0.25, 0.3) is 0 Å². The van der Waals surface area contributed by atoms with Crippen LogP contribution in [-0.2, 0) is 10.2 Å². The van der Waals surface area contributed by atoms with Crippen molar-refractivity contribution in [3.8, 4) is 5.06 Å². The molecule has 3 nitrogen and oxygen atoms in total. The molecule has 0 bridgehead atoms. The lowest BCUT2D eigenvalue weighted by Crippen LogP contribution is -1.85. The quantitative estimate of drug-likeness (QED) is 0.672. The highest BCUT2D eigenvalue weighted by atomic mass is 32.3. The minimum Gasteiger partial charge on any atom is -0.487 e. The van der Waals surface area contributed by atoms with Crippen LogP contribution in [0.4, 0.5) is 3.89 Å². The number of hydrogen-bond acceptors (Lipinski definition) is 4. The van der Waals surface area contributed by atoms with Gasteiger partial charge in [-0.3, -0.25) is 0 Å². The van der Waals surface area contributed by atoms with Gasteiger partial charge in [-0.15, -0.1) is 0 Å². The van der Waals surface area contributed by atoms with Gasteiger partial charge in [0.2, 0.25) is 0 Å². The first kappa shape index (κ1) is 8.48. The summed E-state index contributed by atoms with van der Waals surface area (Å²) in [7, 11) is -3.16. The second kappa shape index (κ2) is 2.78.